The van der Waals surface area contributed by atoms with E-state index in [0.717, 1.165) is 19.3 Å². The molecule has 2 unspecified atom stereocenters. The average Bonchev–Trinajstić information content (AvgIpc) is 2.30. The third-order valence-electron chi connectivity index (χ3n) is 3.15. The minimum absolute atomic E-state index is 0.0739. The van der Waals surface area contributed by atoms with Gasteiger partial charge in [-0.2, -0.15) is 0 Å². The molecule has 0 aromatic rings. The van der Waals surface area contributed by atoms with E-state index in [1.165, 1.54) is 6.04 Å². The van der Waals surface area contributed by atoms with Crippen LogP contribution in [-0.4, -0.2) is 25.8 Å². The largest absolute Gasteiger partial charge is 0.393 e. The van der Waals surface area contributed by atoms with E-state index in [9.17, 15) is 5.11 Å². The fourth-order valence-corrected chi connectivity index (χ4v) is 5.36. The predicted molar refractivity (Wildman–Crippen MR) is 59.5 cm³/mol. The van der Waals surface area contributed by atoms with Gasteiger partial charge in [0.25, 0.3) is 0 Å². The fraction of sp³-hybridized carbons (Fsp3) is 1.00. The van der Waals surface area contributed by atoms with E-state index >= 15 is 0 Å². The van der Waals surface area contributed by atoms with Gasteiger partial charge < -0.3 is 10.8 Å². The van der Waals surface area contributed by atoms with Crippen molar-refractivity contribution >= 4 is 8.07 Å². The van der Waals surface area contributed by atoms with Gasteiger partial charge in [0.05, 0.1) is 6.10 Å². The molecule has 0 aromatic heterocycles. The molecule has 2 nitrogen and oxygen atoms in total. The van der Waals surface area contributed by atoms with Crippen LogP contribution in [0.1, 0.15) is 19.3 Å². The minimum atomic E-state index is -1.10. The maximum atomic E-state index is 9.94. The van der Waals surface area contributed by atoms with Crippen molar-refractivity contribution < 1.29 is 5.11 Å². The first-order valence-electron chi connectivity index (χ1n) is 5.28. The van der Waals surface area contributed by atoms with Crippen molar-refractivity contribution in [3.05, 3.63) is 0 Å². The summed E-state index contributed by atoms with van der Waals surface area (Å²) in [5.74, 6) is 0. The molecule has 0 spiro atoms. The quantitative estimate of drug-likeness (QED) is 0.684. The first kappa shape index (κ1) is 11.2. The molecule has 0 aromatic carbocycles. The highest BCUT2D eigenvalue weighted by Gasteiger charge is 2.43. The fourth-order valence-electron chi connectivity index (χ4n) is 2.69. The molecule has 0 amide bonds. The molecule has 1 rings (SSSR count). The van der Waals surface area contributed by atoms with E-state index < -0.39 is 8.07 Å². The summed E-state index contributed by atoms with van der Waals surface area (Å²) < 4.78 is 0. The highest BCUT2D eigenvalue weighted by atomic mass is 28.3. The summed E-state index contributed by atoms with van der Waals surface area (Å²) in [5, 5.41) is 9.94. The zero-order valence-corrected chi connectivity index (χ0v) is 10.1. The molecule has 0 aliphatic heterocycles. The minimum Gasteiger partial charge on any atom is -0.393 e. The van der Waals surface area contributed by atoms with Gasteiger partial charge in [-0.05, 0) is 18.9 Å². The maximum Gasteiger partial charge on any atom is 0.0605 e. The number of aliphatic hydroxyl groups excluding tert-OH is 1. The first-order chi connectivity index (χ1) is 5.90. The second-order valence-electron chi connectivity index (χ2n) is 5.71. The van der Waals surface area contributed by atoms with E-state index in [0.29, 0.717) is 6.54 Å². The van der Waals surface area contributed by atoms with Gasteiger partial charge in [-0.3, -0.25) is 0 Å². The summed E-state index contributed by atoms with van der Waals surface area (Å²) in [4.78, 5) is 0. The Labute approximate surface area is 82.5 Å². The van der Waals surface area contributed by atoms with Gasteiger partial charge in [-0.25, -0.2) is 0 Å². The Morgan fingerprint density at radius 3 is 2.38 bits per heavy atom. The Morgan fingerprint density at radius 1 is 1.46 bits per heavy atom. The van der Waals surface area contributed by atoms with Crippen molar-refractivity contribution in [3.63, 3.8) is 0 Å². The Balaban J connectivity index is 2.70. The van der Waals surface area contributed by atoms with Gasteiger partial charge in [0.2, 0.25) is 0 Å². The monoisotopic (exact) mass is 201 g/mol. The van der Waals surface area contributed by atoms with E-state index in [-0.39, 0.29) is 11.5 Å². The third kappa shape index (κ3) is 2.54. The first-order valence-corrected chi connectivity index (χ1v) is 8.98. The second-order valence-corrected chi connectivity index (χ2v) is 11.2. The van der Waals surface area contributed by atoms with Crippen LogP contribution in [0, 0.1) is 5.41 Å². The Kier molecular flexibility index (Phi) is 3.20. The average molecular weight is 201 g/mol. The van der Waals surface area contributed by atoms with Gasteiger partial charge >= 0.3 is 0 Å². The molecule has 3 heteroatoms. The summed E-state index contributed by atoms with van der Waals surface area (Å²) in [6.45, 7) is 7.73. The van der Waals surface area contributed by atoms with Gasteiger partial charge in [0.1, 0.15) is 0 Å². The van der Waals surface area contributed by atoms with Crippen LogP contribution in [0.25, 0.3) is 0 Å². The molecule has 1 aliphatic rings. The second kappa shape index (κ2) is 3.71. The number of hydrogen-bond donors (Lipinski definition) is 2. The molecule has 1 saturated carbocycles. The normalized spacial score (nSPS) is 35.3. The van der Waals surface area contributed by atoms with Crippen LogP contribution in [0.3, 0.4) is 0 Å². The summed E-state index contributed by atoms with van der Waals surface area (Å²) in [6, 6.07) is 1.18. The molecule has 13 heavy (non-hydrogen) atoms. The molecule has 0 radical (unpaired) electrons. The third-order valence-corrected chi connectivity index (χ3v) is 4.91. The van der Waals surface area contributed by atoms with Crippen LogP contribution < -0.4 is 5.73 Å². The Morgan fingerprint density at radius 2 is 2.08 bits per heavy atom. The summed E-state index contributed by atoms with van der Waals surface area (Å²) in [7, 11) is -1.10. The lowest BCUT2D eigenvalue weighted by Gasteiger charge is -2.36. The number of rotatable bonds is 3. The van der Waals surface area contributed by atoms with Crippen molar-refractivity contribution in [2.24, 2.45) is 11.1 Å². The van der Waals surface area contributed by atoms with Crippen LogP contribution >= 0.6 is 0 Å². The molecule has 3 N–H and O–H groups in total. The zero-order chi connectivity index (χ0) is 10.1. The highest BCUT2D eigenvalue weighted by Crippen LogP contribution is 2.43. The highest BCUT2D eigenvalue weighted by molar-refractivity contribution is 6.76. The van der Waals surface area contributed by atoms with Crippen LogP contribution in [0.4, 0.5) is 0 Å². The lowest BCUT2D eigenvalue weighted by atomic mass is 9.86. The van der Waals surface area contributed by atoms with E-state index in [4.69, 9.17) is 5.73 Å². The van der Waals surface area contributed by atoms with Crippen molar-refractivity contribution in [1.29, 1.82) is 0 Å². The number of hydrogen-bond acceptors (Lipinski definition) is 2. The van der Waals surface area contributed by atoms with E-state index in [1.54, 1.807) is 0 Å². The molecule has 1 fully saturated rings. The van der Waals surface area contributed by atoms with Gasteiger partial charge in [-0.15, -0.1) is 0 Å². The molecule has 1 aliphatic carbocycles. The Hall–Kier alpha value is 0.137. The van der Waals surface area contributed by atoms with Crippen molar-refractivity contribution in [3.8, 4) is 0 Å². The Bertz CT molecular complexity index is 178. The standard InChI is InChI=1S/C10H23NOSi/c1-13(2,3)8-10(7-11)6-4-5-9(10)12/h9,12H,4-8,11H2,1-3H3. The SMILES string of the molecule is C[Si](C)(C)CC1(CN)CCCC1O. The molecule has 2 atom stereocenters. The van der Waals surface area contributed by atoms with Crippen LogP contribution in [0.5, 0.6) is 0 Å². The molecule has 0 heterocycles. The van der Waals surface area contributed by atoms with Crippen LogP contribution in [0.15, 0.2) is 0 Å². The summed E-state index contributed by atoms with van der Waals surface area (Å²) >= 11 is 0. The van der Waals surface area contributed by atoms with Gasteiger partial charge in [-0.1, -0.05) is 26.1 Å². The smallest absolute Gasteiger partial charge is 0.0605 e. The predicted octanol–water partition coefficient (Wildman–Crippen LogP) is 1.81. The van der Waals surface area contributed by atoms with Crippen molar-refractivity contribution in [1.82, 2.24) is 0 Å². The molecule has 0 bridgehead atoms. The topological polar surface area (TPSA) is 46.2 Å². The van der Waals surface area contributed by atoms with E-state index in [2.05, 4.69) is 19.6 Å². The van der Waals surface area contributed by atoms with Gasteiger partial charge in [0, 0.05) is 20.0 Å². The molecular weight excluding hydrogens is 178 g/mol. The summed E-state index contributed by atoms with van der Waals surface area (Å²) in [5.41, 5.74) is 5.90. The van der Waals surface area contributed by atoms with Gasteiger partial charge in [0.15, 0.2) is 0 Å². The molecule has 78 valence electrons. The molecular formula is C10H23NOSi. The summed E-state index contributed by atoms with van der Waals surface area (Å²) in [6.07, 6.45) is 3.11. The lowest BCUT2D eigenvalue weighted by Crippen LogP contribution is -2.43. The zero-order valence-electron chi connectivity index (χ0n) is 9.14. The number of aliphatic hydroxyl groups is 1. The number of nitrogens with two attached hydrogens (primary N) is 1. The molecule has 0 saturated heterocycles. The van der Waals surface area contributed by atoms with Crippen molar-refractivity contribution in [2.45, 2.75) is 51.1 Å². The van der Waals surface area contributed by atoms with Crippen molar-refractivity contribution in [2.75, 3.05) is 6.54 Å². The lowest BCUT2D eigenvalue weighted by molar-refractivity contribution is 0.0715. The van der Waals surface area contributed by atoms with Crippen LogP contribution in [-0.2, 0) is 0 Å². The van der Waals surface area contributed by atoms with Crippen LogP contribution in [0.2, 0.25) is 25.7 Å². The van der Waals surface area contributed by atoms with E-state index in [1.807, 2.05) is 0 Å². The maximum absolute atomic E-state index is 9.94.